The quantitative estimate of drug-likeness (QED) is 0.880. The molecule has 0 saturated heterocycles. The maximum absolute atomic E-state index is 11.4. The molecule has 2 aromatic rings. The summed E-state index contributed by atoms with van der Waals surface area (Å²) in [7, 11) is 0. The van der Waals surface area contributed by atoms with Gasteiger partial charge in [-0.15, -0.1) is 0 Å². The second-order valence-corrected chi connectivity index (χ2v) is 4.92. The molecule has 0 radical (unpaired) electrons. The highest BCUT2D eigenvalue weighted by Gasteiger charge is 2.19. The van der Waals surface area contributed by atoms with E-state index in [4.69, 9.17) is 4.74 Å². The molecule has 1 aromatic heterocycles. The standard InChI is InChI=1S/C14H15NO4/c1-14(2,18)8-19-11-7-15-10-6-4-3-5-9(10)12(11)13(16)17/h3-7,18H,8H2,1-2H3,(H,16,17). The van der Waals surface area contributed by atoms with Crippen molar-refractivity contribution >= 4 is 16.9 Å². The Morgan fingerprint density at radius 3 is 2.68 bits per heavy atom. The average molecular weight is 261 g/mol. The first-order valence-corrected chi connectivity index (χ1v) is 5.85. The van der Waals surface area contributed by atoms with Gasteiger partial charge in [0.1, 0.15) is 12.2 Å². The lowest BCUT2D eigenvalue weighted by Crippen LogP contribution is -2.28. The topological polar surface area (TPSA) is 79.7 Å². The number of carbonyl (C=O) groups is 1. The smallest absolute Gasteiger partial charge is 0.340 e. The van der Waals surface area contributed by atoms with Gasteiger partial charge in [0.15, 0.2) is 5.75 Å². The summed E-state index contributed by atoms with van der Waals surface area (Å²) in [6.45, 7) is 3.16. The lowest BCUT2D eigenvalue weighted by Gasteiger charge is -2.19. The van der Waals surface area contributed by atoms with Crippen molar-refractivity contribution in [3.63, 3.8) is 0 Å². The van der Waals surface area contributed by atoms with Gasteiger partial charge in [-0.05, 0) is 19.9 Å². The van der Waals surface area contributed by atoms with Gasteiger partial charge in [-0.25, -0.2) is 4.79 Å². The molecule has 0 aliphatic heterocycles. The Morgan fingerprint density at radius 2 is 2.05 bits per heavy atom. The Labute approximate surface area is 110 Å². The highest BCUT2D eigenvalue weighted by atomic mass is 16.5. The zero-order valence-electron chi connectivity index (χ0n) is 10.8. The summed E-state index contributed by atoms with van der Waals surface area (Å²) in [6.07, 6.45) is 1.37. The minimum absolute atomic E-state index is 0.00665. The van der Waals surface area contributed by atoms with Crippen LogP contribution in [-0.2, 0) is 0 Å². The van der Waals surface area contributed by atoms with Gasteiger partial charge in [0.05, 0.1) is 17.3 Å². The Bertz CT molecular complexity index is 616. The van der Waals surface area contributed by atoms with E-state index in [0.717, 1.165) is 0 Å². The molecule has 5 nitrogen and oxygen atoms in total. The number of nitrogens with zero attached hydrogens (tertiary/aromatic N) is 1. The van der Waals surface area contributed by atoms with Crippen molar-refractivity contribution < 1.29 is 19.7 Å². The summed E-state index contributed by atoms with van der Waals surface area (Å²) in [5.74, 6) is -0.919. The summed E-state index contributed by atoms with van der Waals surface area (Å²) in [4.78, 5) is 15.5. The summed E-state index contributed by atoms with van der Waals surface area (Å²) in [5.41, 5.74) is -0.383. The van der Waals surface area contributed by atoms with E-state index in [1.165, 1.54) is 6.20 Å². The van der Waals surface area contributed by atoms with Crippen LogP contribution in [0.3, 0.4) is 0 Å². The number of aromatic carboxylic acids is 1. The fourth-order valence-electron chi connectivity index (χ4n) is 1.71. The average Bonchev–Trinajstić information content (AvgIpc) is 2.34. The van der Waals surface area contributed by atoms with Crippen molar-refractivity contribution in [2.75, 3.05) is 6.61 Å². The number of carboxylic acids is 1. The second-order valence-electron chi connectivity index (χ2n) is 4.92. The number of benzene rings is 1. The van der Waals surface area contributed by atoms with Crippen molar-refractivity contribution in [2.45, 2.75) is 19.4 Å². The van der Waals surface area contributed by atoms with Crippen molar-refractivity contribution in [2.24, 2.45) is 0 Å². The fraction of sp³-hybridized carbons (Fsp3) is 0.286. The first-order chi connectivity index (χ1) is 8.88. The van der Waals surface area contributed by atoms with Crippen molar-refractivity contribution in [1.29, 1.82) is 0 Å². The molecule has 1 heterocycles. The third kappa shape index (κ3) is 3.00. The lowest BCUT2D eigenvalue weighted by molar-refractivity contribution is 0.0275. The number of aliphatic hydroxyl groups is 1. The van der Waals surface area contributed by atoms with E-state index in [1.54, 1.807) is 38.1 Å². The van der Waals surface area contributed by atoms with E-state index in [1.807, 2.05) is 0 Å². The Morgan fingerprint density at radius 1 is 1.37 bits per heavy atom. The van der Waals surface area contributed by atoms with E-state index in [2.05, 4.69) is 4.98 Å². The SMILES string of the molecule is CC(C)(O)COc1cnc2ccccc2c1C(=O)O. The van der Waals surface area contributed by atoms with Crippen LogP contribution in [0.5, 0.6) is 5.75 Å². The third-order valence-corrected chi connectivity index (χ3v) is 2.54. The summed E-state index contributed by atoms with van der Waals surface area (Å²) < 4.78 is 5.38. The lowest BCUT2D eigenvalue weighted by atomic mass is 10.1. The highest BCUT2D eigenvalue weighted by Crippen LogP contribution is 2.26. The van der Waals surface area contributed by atoms with Crippen molar-refractivity contribution in [1.82, 2.24) is 4.98 Å². The largest absolute Gasteiger partial charge is 0.488 e. The number of ether oxygens (including phenoxy) is 1. The van der Waals surface area contributed by atoms with Gasteiger partial charge in [0, 0.05) is 5.39 Å². The van der Waals surface area contributed by atoms with Crippen LogP contribution in [-0.4, -0.2) is 33.4 Å². The predicted octanol–water partition coefficient (Wildman–Crippen LogP) is 2.08. The predicted molar refractivity (Wildman–Crippen MR) is 70.5 cm³/mol. The van der Waals surface area contributed by atoms with Gasteiger partial charge in [-0.3, -0.25) is 4.98 Å². The van der Waals surface area contributed by atoms with Crippen LogP contribution in [0.4, 0.5) is 0 Å². The number of fused-ring (bicyclic) bond motifs is 1. The van der Waals surface area contributed by atoms with Gasteiger partial charge < -0.3 is 14.9 Å². The first-order valence-electron chi connectivity index (χ1n) is 5.85. The van der Waals surface area contributed by atoms with Crippen LogP contribution < -0.4 is 4.74 Å². The van der Waals surface area contributed by atoms with Gasteiger partial charge in [0.2, 0.25) is 0 Å². The maximum atomic E-state index is 11.4. The molecule has 0 aliphatic carbocycles. The fourth-order valence-corrected chi connectivity index (χ4v) is 1.71. The molecule has 0 bridgehead atoms. The van der Waals surface area contributed by atoms with E-state index in [-0.39, 0.29) is 17.9 Å². The normalized spacial score (nSPS) is 11.5. The molecule has 0 aliphatic rings. The van der Waals surface area contributed by atoms with Crippen LogP contribution in [0, 0.1) is 0 Å². The Balaban J connectivity index is 2.49. The second kappa shape index (κ2) is 4.85. The summed E-state index contributed by atoms with van der Waals surface area (Å²) >= 11 is 0. The van der Waals surface area contributed by atoms with Gasteiger partial charge in [0.25, 0.3) is 0 Å². The van der Waals surface area contributed by atoms with Crippen molar-refractivity contribution in [3.05, 3.63) is 36.0 Å². The summed E-state index contributed by atoms with van der Waals surface area (Å²) in [5, 5.41) is 19.5. The minimum Gasteiger partial charge on any atom is -0.488 e. The number of para-hydroxylation sites is 1. The zero-order valence-corrected chi connectivity index (χ0v) is 10.8. The number of aromatic nitrogens is 1. The number of hydrogen-bond acceptors (Lipinski definition) is 4. The van der Waals surface area contributed by atoms with Crippen molar-refractivity contribution in [3.8, 4) is 5.75 Å². The van der Waals surface area contributed by atoms with Gasteiger partial charge in [-0.2, -0.15) is 0 Å². The number of pyridine rings is 1. The van der Waals surface area contributed by atoms with Crippen LogP contribution >= 0.6 is 0 Å². The molecule has 0 saturated carbocycles. The highest BCUT2D eigenvalue weighted by molar-refractivity contribution is 6.04. The number of carboxylic acid groups (broad SMARTS) is 1. The number of hydrogen-bond donors (Lipinski definition) is 2. The molecular weight excluding hydrogens is 246 g/mol. The van der Waals surface area contributed by atoms with Crippen LogP contribution in [0.1, 0.15) is 24.2 Å². The molecule has 1 aromatic carbocycles. The minimum atomic E-state index is -1.08. The van der Waals surface area contributed by atoms with E-state index >= 15 is 0 Å². The molecule has 0 amide bonds. The Hall–Kier alpha value is -2.14. The van der Waals surface area contributed by atoms with Crippen LogP contribution in [0.2, 0.25) is 0 Å². The molecule has 100 valence electrons. The molecule has 2 rings (SSSR count). The molecule has 19 heavy (non-hydrogen) atoms. The van der Waals surface area contributed by atoms with Crippen LogP contribution in [0.15, 0.2) is 30.5 Å². The number of rotatable bonds is 4. The monoisotopic (exact) mass is 261 g/mol. The molecule has 2 N–H and O–H groups in total. The summed E-state index contributed by atoms with van der Waals surface area (Å²) in [6, 6.07) is 6.96. The third-order valence-electron chi connectivity index (χ3n) is 2.54. The first kappa shape index (κ1) is 13.3. The van der Waals surface area contributed by atoms with Crippen LogP contribution in [0.25, 0.3) is 10.9 Å². The molecule has 0 atom stereocenters. The van der Waals surface area contributed by atoms with E-state index < -0.39 is 11.6 Å². The van der Waals surface area contributed by atoms with E-state index in [0.29, 0.717) is 10.9 Å². The molecular formula is C14H15NO4. The van der Waals surface area contributed by atoms with Gasteiger partial charge in [-0.1, -0.05) is 18.2 Å². The van der Waals surface area contributed by atoms with Gasteiger partial charge >= 0.3 is 5.97 Å². The maximum Gasteiger partial charge on any atom is 0.340 e. The molecule has 0 spiro atoms. The zero-order chi connectivity index (χ0) is 14.0. The molecule has 5 heteroatoms. The Kier molecular flexibility index (Phi) is 3.40. The molecule has 0 fully saturated rings. The van der Waals surface area contributed by atoms with E-state index in [9.17, 15) is 15.0 Å². The molecule has 0 unspecified atom stereocenters.